The van der Waals surface area contributed by atoms with Gasteiger partial charge in [0, 0.05) is 48.9 Å². The summed E-state index contributed by atoms with van der Waals surface area (Å²) < 4.78 is 38.9. The lowest BCUT2D eigenvalue weighted by Gasteiger charge is -2.21. The molecule has 192 valence electrons. The SMILES string of the molecule is Cc1cn(CC(F)(F)F)nc1Nc1nccc(-c2csc(-c3cccc([C@]4(O)CCN(C)C4=O)c3)n2)n1. The van der Waals surface area contributed by atoms with Crippen LogP contribution in [-0.4, -0.2) is 60.4 Å². The third-order valence-corrected chi connectivity index (χ3v) is 6.93. The molecule has 1 aliphatic rings. The molecule has 1 amide bonds. The molecular formula is C24H22F3N7O2S. The van der Waals surface area contributed by atoms with Crippen molar-refractivity contribution < 1.29 is 23.1 Å². The van der Waals surface area contributed by atoms with Gasteiger partial charge in [-0.05, 0) is 24.6 Å². The molecule has 0 aliphatic carbocycles. The predicted octanol–water partition coefficient (Wildman–Crippen LogP) is 4.13. The summed E-state index contributed by atoms with van der Waals surface area (Å²) in [5.41, 5.74) is 1.32. The van der Waals surface area contributed by atoms with Crippen LogP contribution in [0.25, 0.3) is 22.0 Å². The number of carbonyl (C=O) groups excluding carboxylic acids is 1. The fourth-order valence-corrected chi connectivity index (χ4v) is 4.94. The minimum absolute atomic E-state index is 0.167. The molecule has 1 fully saturated rings. The third-order valence-electron chi connectivity index (χ3n) is 6.03. The molecule has 3 aromatic heterocycles. The lowest BCUT2D eigenvalue weighted by Crippen LogP contribution is -2.36. The van der Waals surface area contributed by atoms with E-state index in [-0.39, 0.29) is 17.7 Å². The molecule has 1 saturated heterocycles. The van der Waals surface area contributed by atoms with Crippen molar-refractivity contribution in [2.75, 3.05) is 18.9 Å². The number of alkyl halides is 3. The maximum atomic E-state index is 12.7. The average Bonchev–Trinajstić information content (AvgIpc) is 3.54. The Morgan fingerprint density at radius 2 is 2.03 bits per heavy atom. The lowest BCUT2D eigenvalue weighted by atomic mass is 9.91. The maximum Gasteiger partial charge on any atom is 0.408 e. The van der Waals surface area contributed by atoms with Gasteiger partial charge in [-0.3, -0.25) is 9.48 Å². The molecule has 13 heteroatoms. The molecule has 0 bridgehead atoms. The van der Waals surface area contributed by atoms with Crippen LogP contribution >= 0.6 is 11.3 Å². The second-order valence-corrected chi connectivity index (χ2v) is 9.68. The smallest absolute Gasteiger partial charge is 0.375 e. The number of aromatic nitrogens is 5. The first-order valence-corrected chi connectivity index (χ1v) is 12.2. The van der Waals surface area contributed by atoms with Gasteiger partial charge < -0.3 is 15.3 Å². The second-order valence-electron chi connectivity index (χ2n) is 8.82. The molecule has 0 unspecified atom stereocenters. The Bertz CT molecular complexity index is 1470. The van der Waals surface area contributed by atoms with E-state index in [1.54, 1.807) is 38.2 Å². The van der Waals surface area contributed by atoms with Gasteiger partial charge in [0.05, 0.1) is 5.69 Å². The van der Waals surface area contributed by atoms with Crippen molar-refractivity contribution in [1.82, 2.24) is 29.6 Å². The predicted molar refractivity (Wildman–Crippen MR) is 131 cm³/mol. The molecule has 1 aromatic carbocycles. The molecule has 1 aliphatic heterocycles. The van der Waals surface area contributed by atoms with Crippen molar-refractivity contribution in [2.24, 2.45) is 0 Å². The number of aliphatic hydroxyl groups is 1. The van der Waals surface area contributed by atoms with Crippen molar-refractivity contribution in [3.8, 4) is 22.0 Å². The van der Waals surface area contributed by atoms with Crippen LogP contribution in [0.3, 0.4) is 0 Å². The van der Waals surface area contributed by atoms with Gasteiger partial charge in [0.25, 0.3) is 5.91 Å². The summed E-state index contributed by atoms with van der Waals surface area (Å²) >= 11 is 1.38. The number of hydrogen-bond acceptors (Lipinski definition) is 8. The van der Waals surface area contributed by atoms with Gasteiger partial charge in [0.2, 0.25) is 5.95 Å². The highest BCUT2D eigenvalue weighted by Crippen LogP contribution is 2.36. The number of rotatable bonds is 6. The normalized spacial score (nSPS) is 18.0. The van der Waals surface area contributed by atoms with Gasteiger partial charge in [-0.1, -0.05) is 18.2 Å². The molecule has 9 nitrogen and oxygen atoms in total. The molecular weight excluding hydrogens is 507 g/mol. The van der Waals surface area contributed by atoms with Gasteiger partial charge in [-0.25, -0.2) is 15.0 Å². The van der Waals surface area contributed by atoms with E-state index in [9.17, 15) is 23.1 Å². The van der Waals surface area contributed by atoms with Gasteiger partial charge in [-0.2, -0.15) is 18.3 Å². The van der Waals surface area contributed by atoms with Crippen molar-refractivity contribution >= 4 is 29.0 Å². The fraction of sp³-hybridized carbons (Fsp3) is 0.292. The average molecular weight is 530 g/mol. The first-order chi connectivity index (χ1) is 17.5. The van der Waals surface area contributed by atoms with Crippen molar-refractivity contribution in [3.63, 3.8) is 0 Å². The van der Waals surface area contributed by atoms with Crippen LogP contribution < -0.4 is 5.32 Å². The number of anilines is 2. The van der Waals surface area contributed by atoms with Crippen molar-refractivity contribution in [1.29, 1.82) is 0 Å². The second kappa shape index (κ2) is 9.23. The quantitative estimate of drug-likeness (QED) is 0.387. The van der Waals surface area contributed by atoms with Crippen molar-refractivity contribution in [2.45, 2.75) is 31.7 Å². The molecule has 5 rings (SSSR count). The van der Waals surface area contributed by atoms with Crippen LogP contribution in [0.4, 0.5) is 24.9 Å². The Balaban J connectivity index is 1.37. The summed E-state index contributed by atoms with van der Waals surface area (Å²) in [4.78, 5) is 27.3. The minimum atomic E-state index is -4.38. The number of thiazole rings is 1. The number of likely N-dealkylation sites (tertiary alicyclic amines) is 1. The molecule has 2 N–H and O–H groups in total. The summed E-state index contributed by atoms with van der Waals surface area (Å²) in [5, 5.41) is 20.3. The van der Waals surface area contributed by atoms with E-state index >= 15 is 0 Å². The van der Waals surface area contributed by atoms with Crippen LogP contribution in [0.5, 0.6) is 0 Å². The number of halogens is 3. The Morgan fingerprint density at radius 1 is 1.22 bits per heavy atom. The van der Waals surface area contributed by atoms with E-state index in [1.807, 2.05) is 11.4 Å². The van der Waals surface area contributed by atoms with E-state index in [0.717, 1.165) is 10.2 Å². The van der Waals surface area contributed by atoms with E-state index in [4.69, 9.17) is 0 Å². The molecule has 4 heterocycles. The Kier molecular flexibility index (Phi) is 6.20. The topological polar surface area (TPSA) is 109 Å². The Hall–Kier alpha value is -3.84. The lowest BCUT2D eigenvalue weighted by molar-refractivity contribution is -0.143. The van der Waals surface area contributed by atoms with Gasteiger partial charge >= 0.3 is 6.18 Å². The van der Waals surface area contributed by atoms with Crippen LogP contribution in [0, 0.1) is 6.92 Å². The monoisotopic (exact) mass is 529 g/mol. The number of likely N-dealkylation sites (N-methyl/N-ethyl adjacent to an activating group) is 1. The van der Waals surface area contributed by atoms with Gasteiger partial charge in [0.15, 0.2) is 11.4 Å². The summed E-state index contributed by atoms with van der Waals surface area (Å²) in [5.74, 6) is 0.0617. The highest BCUT2D eigenvalue weighted by atomic mass is 32.1. The fourth-order valence-electron chi connectivity index (χ4n) is 4.13. The number of nitrogens with zero attached hydrogens (tertiary/aromatic N) is 6. The number of nitrogens with one attached hydrogen (secondary N) is 1. The summed E-state index contributed by atoms with van der Waals surface area (Å²) in [6.07, 6.45) is -1.24. The van der Waals surface area contributed by atoms with E-state index < -0.39 is 18.3 Å². The van der Waals surface area contributed by atoms with Gasteiger partial charge in [0.1, 0.15) is 17.2 Å². The molecule has 37 heavy (non-hydrogen) atoms. The molecule has 0 spiro atoms. The number of carbonyl (C=O) groups is 1. The molecule has 1 atom stereocenters. The van der Waals surface area contributed by atoms with Crippen LogP contribution in [0.2, 0.25) is 0 Å². The minimum Gasteiger partial charge on any atom is -0.375 e. The van der Waals surface area contributed by atoms with Crippen LogP contribution in [0.15, 0.2) is 48.1 Å². The number of hydrogen-bond donors (Lipinski definition) is 2. The zero-order chi connectivity index (χ0) is 26.4. The maximum absolute atomic E-state index is 12.7. The summed E-state index contributed by atoms with van der Waals surface area (Å²) in [6, 6.07) is 8.81. The number of benzene rings is 1. The number of amides is 1. The highest BCUT2D eigenvalue weighted by molar-refractivity contribution is 7.13. The summed E-state index contributed by atoms with van der Waals surface area (Å²) in [6.45, 7) is 0.926. The van der Waals surface area contributed by atoms with E-state index in [0.29, 0.717) is 40.5 Å². The number of aryl methyl sites for hydroxylation is 1. The molecule has 0 radical (unpaired) electrons. The van der Waals surface area contributed by atoms with Crippen LogP contribution in [-0.2, 0) is 16.9 Å². The largest absolute Gasteiger partial charge is 0.408 e. The molecule has 4 aromatic rings. The zero-order valence-corrected chi connectivity index (χ0v) is 20.6. The molecule has 0 saturated carbocycles. The van der Waals surface area contributed by atoms with E-state index in [1.165, 1.54) is 28.6 Å². The first-order valence-electron chi connectivity index (χ1n) is 11.3. The Morgan fingerprint density at radius 3 is 2.76 bits per heavy atom. The highest BCUT2D eigenvalue weighted by Gasteiger charge is 2.45. The zero-order valence-electron chi connectivity index (χ0n) is 19.8. The standard InChI is InChI=1S/C24H22F3N7O2S/c1-14-11-34(13-24(25,26)27)32-19(14)31-22-28-8-6-17(30-22)18-12-37-20(29-18)15-4-3-5-16(10-15)23(36)7-9-33(2)21(23)35/h3-6,8,10-12,36H,7,9,13H2,1-2H3,(H,28,30,31,32)/t23-/m1/s1. The van der Waals surface area contributed by atoms with Crippen LogP contribution in [0.1, 0.15) is 17.5 Å². The van der Waals surface area contributed by atoms with Crippen molar-refractivity contribution in [3.05, 3.63) is 59.2 Å². The summed E-state index contributed by atoms with van der Waals surface area (Å²) in [7, 11) is 1.66. The van der Waals surface area contributed by atoms with E-state index in [2.05, 4.69) is 25.4 Å². The third kappa shape index (κ3) is 5.04. The Labute approximate surface area is 213 Å². The van der Waals surface area contributed by atoms with Gasteiger partial charge in [-0.15, -0.1) is 11.3 Å². The first kappa shape index (κ1) is 24.8.